The summed E-state index contributed by atoms with van der Waals surface area (Å²) in [5.41, 5.74) is 13.9. The van der Waals surface area contributed by atoms with Gasteiger partial charge in [0, 0.05) is 33.1 Å². The first kappa shape index (κ1) is 33.6. The first-order chi connectivity index (χ1) is 28.8. The van der Waals surface area contributed by atoms with E-state index in [1.54, 1.807) is 0 Å². The molecule has 1 aromatic heterocycles. The number of hydrogen-bond acceptors (Lipinski definition) is 1. The smallest absolute Gasteiger partial charge is 0.0561 e. The molecule has 0 saturated heterocycles. The summed E-state index contributed by atoms with van der Waals surface area (Å²) in [5, 5.41) is 7.32. The average Bonchev–Trinajstić information content (AvgIpc) is 3.63. The van der Waals surface area contributed by atoms with Crippen LogP contribution in [0.3, 0.4) is 0 Å². The van der Waals surface area contributed by atoms with Gasteiger partial charge in [-0.2, -0.15) is 0 Å². The van der Waals surface area contributed by atoms with E-state index in [0.717, 1.165) is 28.3 Å². The summed E-state index contributed by atoms with van der Waals surface area (Å²) >= 11 is 0. The van der Waals surface area contributed by atoms with E-state index in [1.165, 1.54) is 71.2 Å². The third-order valence-corrected chi connectivity index (χ3v) is 11.6. The minimum Gasteiger partial charge on any atom is -0.309 e. The van der Waals surface area contributed by atoms with Gasteiger partial charge in [0.25, 0.3) is 0 Å². The molecule has 10 aromatic carbocycles. The second kappa shape index (κ2) is 14.1. The third-order valence-electron chi connectivity index (χ3n) is 11.6. The summed E-state index contributed by atoms with van der Waals surface area (Å²) in [4.78, 5) is 2.52. The highest BCUT2D eigenvalue weighted by Gasteiger charge is 2.25. The fourth-order valence-corrected chi connectivity index (χ4v) is 9.02. The van der Waals surface area contributed by atoms with E-state index in [1.807, 2.05) is 0 Å². The Kier molecular flexibility index (Phi) is 8.19. The summed E-state index contributed by atoms with van der Waals surface area (Å²) in [7, 11) is 0. The van der Waals surface area contributed by atoms with Gasteiger partial charge in [0.05, 0.1) is 22.4 Å². The van der Waals surface area contributed by atoms with Crippen molar-refractivity contribution in [2.24, 2.45) is 0 Å². The monoisotopic (exact) mass is 738 g/mol. The van der Waals surface area contributed by atoms with Crippen LogP contribution in [-0.2, 0) is 0 Å². The zero-order valence-corrected chi connectivity index (χ0v) is 31.8. The Hall–Kier alpha value is -7.68. The van der Waals surface area contributed by atoms with E-state index in [4.69, 9.17) is 0 Å². The molecule has 0 fully saturated rings. The number of anilines is 3. The van der Waals surface area contributed by atoms with Crippen molar-refractivity contribution in [2.45, 2.75) is 0 Å². The van der Waals surface area contributed by atoms with Crippen molar-refractivity contribution in [1.29, 1.82) is 0 Å². The Bertz CT molecular complexity index is 3270. The zero-order valence-electron chi connectivity index (χ0n) is 31.8. The molecule has 0 radical (unpaired) electrons. The van der Waals surface area contributed by atoms with Gasteiger partial charge in [0.1, 0.15) is 0 Å². The molecular weight excluding hydrogens is 701 g/mol. The first-order valence-corrected chi connectivity index (χ1v) is 19.9. The fourth-order valence-electron chi connectivity index (χ4n) is 9.02. The molecule has 272 valence electrons. The van der Waals surface area contributed by atoms with Gasteiger partial charge in [-0.1, -0.05) is 188 Å². The number of para-hydroxylation sites is 2. The van der Waals surface area contributed by atoms with Crippen LogP contribution in [-0.4, -0.2) is 4.57 Å². The predicted molar refractivity (Wildman–Crippen MR) is 247 cm³/mol. The van der Waals surface area contributed by atoms with Crippen molar-refractivity contribution in [1.82, 2.24) is 4.57 Å². The van der Waals surface area contributed by atoms with Gasteiger partial charge in [0.15, 0.2) is 0 Å². The largest absolute Gasteiger partial charge is 0.309 e. The number of aromatic nitrogens is 1. The normalized spacial score (nSPS) is 11.4. The summed E-state index contributed by atoms with van der Waals surface area (Å²) in [6.45, 7) is 0. The van der Waals surface area contributed by atoms with Gasteiger partial charge < -0.3 is 9.47 Å². The molecule has 0 aliphatic rings. The molecule has 0 amide bonds. The van der Waals surface area contributed by atoms with Crippen molar-refractivity contribution in [2.75, 3.05) is 4.90 Å². The topological polar surface area (TPSA) is 8.17 Å². The van der Waals surface area contributed by atoms with E-state index in [9.17, 15) is 0 Å². The van der Waals surface area contributed by atoms with Crippen LogP contribution in [0, 0.1) is 0 Å². The Morgan fingerprint density at radius 1 is 0.310 bits per heavy atom. The lowest BCUT2D eigenvalue weighted by atomic mass is 9.87. The predicted octanol–water partition coefficient (Wildman–Crippen LogP) is 15.6. The average molecular weight is 739 g/mol. The van der Waals surface area contributed by atoms with Gasteiger partial charge in [-0.05, 0) is 86.4 Å². The molecule has 0 saturated carbocycles. The highest BCUT2D eigenvalue weighted by atomic mass is 15.1. The maximum atomic E-state index is 2.52. The Balaban J connectivity index is 1.29. The van der Waals surface area contributed by atoms with Crippen LogP contribution in [0.25, 0.3) is 82.4 Å². The number of nitrogens with zero attached hydrogens (tertiary/aromatic N) is 2. The maximum Gasteiger partial charge on any atom is 0.0561 e. The van der Waals surface area contributed by atoms with Crippen molar-refractivity contribution in [3.05, 3.63) is 231 Å². The van der Waals surface area contributed by atoms with Crippen LogP contribution < -0.4 is 4.90 Å². The number of benzene rings is 10. The van der Waals surface area contributed by atoms with Gasteiger partial charge in [-0.15, -0.1) is 0 Å². The standard InChI is InChI=1S/C56H38N2/c1-4-19-39(20-5-1)44-26-12-15-31-51(44)56-46(40-21-6-2-7-22-40)32-18-34-53(56)58(54-37-41-23-10-11-27-45(41)47-28-13-14-29-48(47)54)43-35-36-50-49-30-16-17-33-52(49)57(55(50)38-43)42-24-8-3-9-25-42/h1-38H. The summed E-state index contributed by atoms with van der Waals surface area (Å²) in [6, 6.07) is 83.9. The van der Waals surface area contributed by atoms with Gasteiger partial charge in [-0.25, -0.2) is 0 Å². The summed E-state index contributed by atoms with van der Waals surface area (Å²) in [6.07, 6.45) is 0. The second-order valence-corrected chi connectivity index (χ2v) is 14.9. The van der Waals surface area contributed by atoms with E-state index in [2.05, 4.69) is 240 Å². The van der Waals surface area contributed by atoms with Crippen molar-refractivity contribution >= 4 is 60.4 Å². The van der Waals surface area contributed by atoms with Gasteiger partial charge >= 0.3 is 0 Å². The van der Waals surface area contributed by atoms with Crippen LogP contribution in [0.2, 0.25) is 0 Å². The van der Waals surface area contributed by atoms with Crippen molar-refractivity contribution in [3.63, 3.8) is 0 Å². The van der Waals surface area contributed by atoms with Crippen LogP contribution in [0.5, 0.6) is 0 Å². The molecule has 0 spiro atoms. The Morgan fingerprint density at radius 3 is 1.62 bits per heavy atom. The van der Waals surface area contributed by atoms with E-state index in [-0.39, 0.29) is 0 Å². The minimum atomic E-state index is 1.08. The van der Waals surface area contributed by atoms with E-state index < -0.39 is 0 Å². The molecule has 11 aromatic rings. The Labute approximate surface area is 338 Å². The summed E-state index contributed by atoms with van der Waals surface area (Å²) < 4.78 is 2.41. The highest BCUT2D eigenvalue weighted by Crippen LogP contribution is 2.50. The number of hydrogen-bond donors (Lipinski definition) is 0. The molecule has 58 heavy (non-hydrogen) atoms. The highest BCUT2D eigenvalue weighted by molar-refractivity contribution is 6.16. The van der Waals surface area contributed by atoms with Crippen LogP contribution in [0.4, 0.5) is 17.1 Å². The number of fused-ring (bicyclic) bond motifs is 6. The minimum absolute atomic E-state index is 1.08. The summed E-state index contributed by atoms with van der Waals surface area (Å²) in [5.74, 6) is 0. The Morgan fingerprint density at radius 2 is 0.862 bits per heavy atom. The van der Waals surface area contributed by atoms with Gasteiger partial charge in [-0.3, -0.25) is 0 Å². The maximum absolute atomic E-state index is 2.52. The quantitative estimate of drug-likeness (QED) is 0.148. The fraction of sp³-hybridized carbons (Fsp3) is 0. The molecule has 0 aliphatic heterocycles. The number of rotatable bonds is 7. The molecule has 2 nitrogen and oxygen atoms in total. The van der Waals surface area contributed by atoms with E-state index >= 15 is 0 Å². The molecular formula is C56H38N2. The molecule has 0 aliphatic carbocycles. The molecule has 11 rings (SSSR count). The molecule has 2 heteroatoms. The zero-order chi connectivity index (χ0) is 38.4. The molecule has 0 N–H and O–H groups in total. The lowest BCUT2D eigenvalue weighted by Crippen LogP contribution is -2.13. The molecule has 0 bridgehead atoms. The third kappa shape index (κ3) is 5.57. The van der Waals surface area contributed by atoms with Crippen LogP contribution in [0.15, 0.2) is 231 Å². The lowest BCUT2D eigenvalue weighted by molar-refractivity contribution is 1.18. The molecule has 0 atom stereocenters. The van der Waals surface area contributed by atoms with E-state index in [0.29, 0.717) is 0 Å². The molecule has 0 unspecified atom stereocenters. The van der Waals surface area contributed by atoms with Crippen LogP contribution >= 0.6 is 0 Å². The first-order valence-electron chi connectivity index (χ1n) is 19.9. The molecule has 1 heterocycles. The van der Waals surface area contributed by atoms with Crippen molar-refractivity contribution in [3.8, 4) is 39.1 Å². The SMILES string of the molecule is c1ccc(-c2ccccc2-c2c(-c3ccccc3)cccc2N(c2ccc3c4ccccc4n(-c4ccccc4)c3c2)c2cc3ccccc3c3ccccc23)cc1. The lowest BCUT2D eigenvalue weighted by Gasteiger charge is -2.31. The van der Waals surface area contributed by atoms with Crippen molar-refractivity contribution < 1.29 is 0 Å². The second-order valence-electron chi connectivity index (χ2n) is 14.9. The van der Waals surface area contributed by atoms with Crippen LogP contribution in [0.1, 0.15) is 0 Å². The van der Waals surface area contributed by atoms with Gasteiger partial charge in [0.2, 0.25) is 0 Å².